The lowest BCUT2D eigenvalue weighted by atomic mass is 10.1. The van der Waals surface area contributed by atoms with Crippen molar-refractivity contribution in [1.29, 1.82) is 0 Å². The van der Waals surface area contributed by atoms with Crippen LogP contribution >= 0.6 is 0 Å². The standard InChI is InChI=1S/C16H23N3O3/c1-11-8-12(2)10-13(9-11)19-6-4-14(15(19)20)18-16(21)17-5-7-22-3/h8-10,14H,4-7H2,1-3H3,(H2,17,18,21)/t14-/m0/s1. The van der Waals surface area contributed by atoms with Gasteiger partial charge in [0.25, 0.3) is 0 Å². The number of nitrogens with zero attached hydrogens (tertiary/aromatic N) is 1. The average molecular weight is 305 g/mol. The monoisotopic (exact) mass is 305 g/mol. The van der Waals surface area contributed by atoms with E-state index in [1.54, 1.807) is 12.0 Å². The summed E-state index contributed by atoms with van der Waals surface area (Å²) in [6, 6.07) is 5.25. The molecule has 6 nitrogen and oxygen atoms in total. The van der Waals surface area contributed by atoms with Gasteiger partial charge in [-0.15, -0.1) is 0 Å². The van der Waals surface area contributed by atoms with Crippen LogP contribution in [-0.4, -0.2) is 44.8 Å². The molecule has 6 heteroatoms. The molecule has 2 N–H and O–H groups in total. The molecule has 0 saturated carbocycles. The topological polar surface area (TPSA) is 70.7 Å². The second-order valence-corrected chi connectivity index (χ2v) is 5.57. The van der Waals surface area contributed by atoms with Gasteiger partial charge in [0, 0.05) is 25.9 Å². The number of benzene rings is 1. The molecule has 1 heterocycles. The van der Waals surface area contributed by atoms with Crippen LogP contribution in [0.5, 0.6) is 0 Å². The zero-order valence-electron chi connectivity index (χ0n) is 13.3. The van der Waals surface area contributed by atoms with Crippen LogP contribution in [0.25, 0.3) is 0 Å². The van der Waals surface area contributed by atoms with Crippen molar-refractivity contribution >= 4 is 17.6 Å². The third kappa shape index (κ3) is 3.98. The molecule has 120 valence electrons. The highest BCUT2D eigenvalue weighted by Crippen LogP contribution is 2.24. The molecule has 0 bridgehead atoms. The van der Waals surface area contributed by atoms with Crippen LogP contribution in [0.4, 0.5) is 10.5 Å². The molecule has 1 aromatic rings. The minimum absolute atomic E-state index is 0.0631. The molecule has 0 spiro atoms. The number of nitrogens with one attached hydrogen (secondary N) is 2. The lowest BCUT2D eigenvalue weighted by molar-refractivity contribution is -0.118. The number of ether oxygens (including phenoxy) is 1. The molecular weight excluding hydrogens is 282 g/mol. The van der Waals surface area contributed by atoms with Crippen molar-refractivity contribution in [2.24, 2.45) is 0 Å². The van der Waals surface area contributed by atoms with E-state index >= 15 is 0 Å². The Morgan fingerprint density at radius 2 is 2.00 bits per heavy atom. The van der Waals surface area contributed by atoms with E-state index in [1.165, 1.54) is 0 Å². The second kappa shape index (κ2) is 7.26. The van der Waals surface area contributed by atoms with E-state index < -0.39 is 6.04 Å². The Kier molecular flexibility index (Phi) is 5.38. The first-order chi connectivity index (χ1) is 10.5. The number of hydrogen-bond acceptors (Lipinski definition) is 3. The maximum Gasteiger partial charge on any atom is 0.315 e. The predicted octanol–water partition coefficient (Wildman–Crippen LogP) is 1.35. The Morgan fingerprint density at radius 1 is 1.32 bits per heavy atom. The molecule has 22 heavy (non-hydrogen) atoms. The summed E-state index contributed by atoms with van der Waals surface area (Å²) < 4.78 is 4.86. The van der Waals surface area contributed by atoms with Gasteiger partial charge < -0.3 is 20.3 Å². The van der Waals surface area contributed by atoms with Gasteiger partial charge in [0.2, 0.25) is 5.91 Å². The highest BCUT2D eigenvalue weighted by atomic mass is 16.5. The predicted molar refractivity (Wildman–Crippen MR) is 85.1 cm³/mol. The number of aryl methyl sites for hydroxylation is 2. The van der Waals surface area contributed by atoms with Crippen molar-refractivity contribution < 1.29 is 14.3 Å². The van der Waals surface area contributed by atoms with E-state index in [0.29, 0.717) is 26.1 Å². The largest absolute Gasteiger partial charge is 0.383 e. The Labute approximate surface area is 130 Å². The van der Waals surface area contributed by atoms with E-state index in [-0.39, 0.29) is 11.9 Å². The van der Waals surface area contributed by atoms with Crippen molar-refractivity contribution in [3.63, 3.8) is 0 Å². The number of hydrogen-bond donors (Lipinski definition) is 2. The van der Waals surface area contributed by atoms with Crippen molar-refractivity contribution in [2.75, 3.05) is 31.7 Å². The molecule has 1 aliphatic heterocycles. The molecule has 1 aliphatic rings. The number of urea groups is 1. The summed E-state index contributed by atoms with van der Waals surface area (Å²) >= 11 is 0. The summed E-state index contributed by atoms with van der Waals surface area (Å²) in [5.41, 5.74) is 3.14. The zero-order chi connectivity index (χ0) is 16.1. The van der Waals surface area contributed by atoms with E-state index in [1.807, 2.05) is 26.0 Å². The fraction of sp³-hybridized carbons (Fsp3) is 0.500. The lowest BCUT2D eigenvalue weighted by Crippen LogP contribution is -2.46. The van der Waals surface area contributed by atoms with Gasteiger partial charge in [-0.05, 0) is 43.5 Å². The van der Waals surface area contributed by atoms with Gasteiger partial charge in [-0.3, -0.25) is 4.79 Å². The zero-order valence-corrected chi connectivity index (χ0v) is 13.3. The summed E-state index contributed by atoms with van der Waals surface area (Å²) in [5, 5.41) is 5.38. The van der Waals surface area contributed by atoms with Gasteiger partial charge in [-0.2, -0.15) is 0 Å². The van der Waals surface area contributed by atoms with Crippen LogP contribution in [0.1, 0.15) is 17.5 Å². The minimum atomic E-state index is -0.469. The van der Waals surface area contributed by atoms with Gasteiger partial charge >= 0.3 is 6.03 Å². The molecule has 1 atom stereocenters. The summed E-state index contributed by atoms with van der Waals surface area (Å²) in [7, 11) is 1.57. The van der Waals surface area contributed by atoms with E-state index in [9.17, 15) is 9.59 Å². The van der Waals surface area contributed by atoms with Crippen molar-refractivity contribution in [1.82, 2.24) is 10.6 Å². The first-order valence-corrected chi connectivity index (χ1v) is 7.44. The first kappa shape index (κ1) is 16.3. The quantitative estimate of drug-likeness (QED) is 0.807. The number of rotatable bonds is 5. The Morgan fingerprint density at radius 3 is 2.64 bits per heavy atom. The van der Waals surface area contributed by atoms with Gasteiger partial charge in [-0.25, -0.2) is 4.79 Å². The molecule has 0 aliphatic carbocycles. The normalized spacial score (nSPS) is 17.7. The van der Waals surface area contributed by atoms with Crippen LogP contribution in [-0.2, 0) is 9.53 Å². The van der Waals surface area contributed by atoms with Crippen LogP contribution in [0.3, 0.4) is 0 Å². The van der Waals surface area contributed by atoms with Crippen LogP contribution in [0.15, 0.2) is 18.2 Å². The van der Waals surface area contributed by atoms with Gasteiger partial charge in [0.05, 0.1) is 6.61 Å². The number of carbonyl (C=O) groups excluding carboxylic acids is 2. The highest BCUT2D eigenvalue weighted by molar-refractivity contribution is 6.01. The smallest absolute Gasteiger partial charge is 0.315 e. The van der Waals surface area contributed by atoms with Crippen molar-refractivity contribution in [2.45, 2.75) is 26.3 Å². The Balaban J connectivity index is 1.96. The number of anilines is 1. The summed E-state index contributed by atoms with van der Waals surface area (Å²) in [5.74, 6) is -0.0631. The fourth-order valence-electron chi connectivity index (χ4n) is 2.65. The van der Waals surface area contributed by atoms with Gasteiger partial charge in [0.1, 0.15) is 6.04 Å². The maximum absolute atomic E-state index is 12.5. The minimum Gasteiger partial charge on any atom is -0.383 e. The van der Waals surface area contributed by atoms with Crippen LogP contribution in [0.2, 0.25) is 0 Å². The Bertz CT molecular complexity index is 539. The van der Waals surface area contributed by atoms with Gasteiger partial charge in [0.15, 0.2) is 0 Å². The van der Waals surface area contributed by atoms with Crippen LogP contribution in [0, 0.1) is 13.8 Å². The average Bonchev–Trinajstić information content (AvgIpc) is 2.79. The fourth-order valence-corrected chi connectivity index (χ4v) is 2.65. The van der Waals surface area contributed by atoms with Crippen LogP contribution < -0.4 is 15.5 Å². The SMILES string of the molecule is COCCNC(=O)N[C@H]1CCN(c2cc(C)cc(C)c2)C1=O. The Hall–Kier alpha value is -2.08. The summed E-state index contributed by atoms with van der Waals surface area (Å²) in [4.78, 5) is 25.9. The third-order valence-electron chi connectivity index (χ3n) is 3.62. The molecule has 1 fully saturated rings. The summed E-state index contributed by atoms with van der Waals surface area (Å²) in [6.45, 7) is 5.50. The third-order valence-corrected chi connectivity index (χ3v) is 3.62. The molecule has 1 saturated heterocycles. The van der Waals surface area contributed by atoms with Gasteiger partial charge in [-0.1, -0.05) is 6.07 Å². The molecule has 2 rings (SSSR count). The number of carbonyl (C=O) groups is 2. The van der Waals surface area contributed by atoms with E-state index in [0.717, 1.165) is 16.8 Å². The number of amides is 3. The number of methoxy groups -OCH3 is 1. The van der Waals surface area contributed by atoms with E-state index in [4.69, 9.17) is 4.74 Å². The van der Waals surface area contributed by atoms with Crippen molar-refractivity contribution in [3.8, 4) is 0 Å². The van der Waals surface area contributed by atoms with Crippen molar-refractivity contribution in [3.05, 3.63) is 29.3 Å². The summed E-state index contributed by atoms with van der Waals surface area (Å²) in [6.07, 6.45) is 0.615. The molecule has 1 aromatic carbocycles. The molecule has 0 radical (unpaired) electrons. The van der Waals surface area contributed by atoms with E-state index in [2.05, 4.69) is 16.7 Å². The maximum atomic E-state index is 12.5. The molecular formula is C16H23N3O3. The lowest BCUT2D eigenvalue weighted by Gasteiger charge is -2.18. The second-order valence-electron chi connectivity index (χ2n) is 5.57. The highest BCUT2D eigenvalue weighted by Gasteiger charge is 2.33. The first-order valence-electron chi connectivity index (χ1n) is 7.44. The molecule has 0 unspecified atom stereocenters. The molecule has 0 aromatic heterocycles. The molecule has 3 amide bonds.